The summed E-state index contributed by atoms with van der Waals surface area (Å²) in [6.45, 7) is 1.71. The van der Waals surface area contributed by atoms with E-state index < -0.39 is 17.9 Å². The quantitative estimate of drug-likeness (QED) is 0.740. The Kier molecular flexibility index (Phi) is 6.91. The Labute approximate surface area is 152 Å². The maximum atomic E-state index is 12.2. The molecule has 0 unspecified atom stereocenters. The maximum absolute atomic E-state index is 12.2. The number of aryl methyl sites for hydroxylation is 1. The van der Waals surface area contributed by atoms with Crippen LogP contribution >= 0.6 is 0 Å². The van der Waals surface area contributed by atoms with Crippen molar-refractivity contribution in [2.75, 3.05) is 13.7 Å². The number of methoxy groups -OCH3 is 1. The van der Waals surface area contributed by atoms with Crippen molar-refractivity contribution in [3.05, 3.63) is 71.3 Å². The van der Waals surface area contributed by atoms with E-state index in [2.05, 4.69) is 10.6 Å². The van der Waals surface area contributed by atoms with Crippen molar-refractivity contribution in [3.8, 4) is 0 Å². The van der Waals surface area contributed by atoms with Gasteiger partial charge in [-0.2, -0.15) is 0 Å². The van der Waals surface area contributed by atoms with Gasteiger partial charge in [-0.25, -0.2) is 4.79 Å². The Hall–Kier alpha value is -3.15. The summed E-state index contributed by atoms with van der Waals surface area (Å²) in [5.41, 5.74) is 2.43. The Morgan fingerprint density at radius 2 is 1.65 bits per heavy atom. The second-order valence-electron chi connectivity index (χ2n) is 5.82. The summed E-state index contributed by atoms with van der Waals surface area (Å²) >= 11 is 0. The second-order valence-corrected chi connectivity index (χ2v) is 5.82. The van der Waals surface area contributed by atoms with Crippen molar-refractivity contribution in [1.82, 2.24) is 10.6 Å². The molecule has 6 heteroatoms. The average molecular weight is 354 g/mol. The topological polar surface area (TPSA) is 84.5 Å². The molecule has 0 bridgehead atoms. The molecule has 0 fully saturated rings. The first kappa shape index (κ1) is 19.2. The molecule has 2 aromatic rings. The minimum Gasteiger partial charge on any atom is -0.467 e. The van der Waals surface area contributed by atoms with Gasteiger partial charge in [-0.3, -0.25) is 9.59 Å². The Morgan fingerprint density at radius 3 is 2.31 bits per heavy atom. The number of rotatable bonds is 7. The Morgan fingerprint density at radius 1 is 1.00 bits per heavy atom. The highest BCUT2D eigenvalue weighted by Crippen LogP contribution is 2.10. The van der Waals surface area contributed by atoms with E-state index in [1.165, 1.54) is 7.11 Å². The number of carbonyl (C=O) groups is 3. The molecule has 0 heterocycles. The summed E-state index contributed by atoms with van der Waals surface area (Å²) in [5.74, 6) is -1.34. The third-order valence-corrected chi connectivity index (χ3v) is 3.95. The van der Waals surface area contributed by atoms with Gasteiger partial charge in [-0.1, -0.05) is 42.5 Å². The van der Waals surface area contributed by atoms with Gasteiger partial charge in [0.05, 0.1) is 13.7 Å². The fourth-order valence-electron chi connectivity index (χ4n) is 2.49. The van der Waals surface area contributed by atoms with Gasteiger partial charge in [-0.05, 0) is 30.2 Å². The fraction of sp³-hybridized carbons (Fsp3) is 0.250. The molecule has 1 atom stereocenters. The average Bonchev–Trinajstić information content (AvgIpc) is 2.67. The molecule has 0 aromatic heterocycles. The van der Waals surface area contributed by atoms with Gasteiger partial charge >= 0.3 is 5.97 Å². The molecular weight excluding hydrogens is 332 g/mol. The molecule has 2 rings (SSSR count). The van der Waals surface area contributed by atoms with Gasteiger partial charge in [0.2, 0.25) is 5.91 Å². The maximum Gasteiger partial charge on any atom is 0.328 e. The van der Waals surface area contributed by atoms with Gasteiger partial charge in [0.1, 0.15) is 6.04 Å². The van der Waals surface area contributed by atoms with Gasteiger partial charge in [0.15, 0.2) is 0 Å². The molecule has 2 aromatic carbocycles. The molecule has 0 saturated heterocycles. The Bertz CT molecular complexity index is 774. The molecule has 0 saturated carbocycles. The summed E-state index contributed by atoms with van der Waals surface area (Å²) in [6, 6.07) is 15.4. The van der Waals surface area contributed by atoms with E-state index in [0.29, 0.717) is 12.0 Å². The molecule has 0 radical (unpaired) electrons. The van der Waals surface area contributed by atoms with E-state index in [1.54, 1.807) is 30.3 Å². The van der Waals surface area contributed by atoms with E-state index in [-0.39, 0.29) is 12.5 Å². The third-order valence-electron chi connectivity index (χ3n) is 3.95. The second kappa shape index (κ2) is 9.36. The summed E-state index contributed by atoms with van der Waals surface area (Å²) in [5, 5.41) is 5.16. The van der Waals surface area contributed by atoms with Crippen LogP contribution in [0.4, 0.5) is 0 Å². The number of hydrogen-bond acceptors (Lipinski definition) is 4. The predicted molar refractivity (Wildman–Crippen MR) is 97.6 cm³/mol. The Balaban J connectivity index is 1.95. The van der Waals surface area contributed by atoms with Crippen molar-refractivity contribution in [2.45, 2.75) is 19.4 Å². The van der Waals surface area contributed by atoms with E-state index >= 15 is 0 Å². The zero-order valence-corrected chi connectivity index (χ0v) is 14.8. The zero-order chi connectivity index (χ0) is 18.9. The van der Waals surface area contributed by atoms with Crippen molar-refractivity contribution < 1.29 is 19.1 Å². The monoisotopic (exact) mass is 354 g/mol. The molecule has 2 amide bonds. The molecule has 0 aliphatic carbocycles. The molecule has 136 valence electrons. The first-order chi connectivity index (χ1) is 12.5. The SMILES string of the molecule is COC(=O)[C@H](Cc1ccccc1C)NC(=O)CNC(=O)c1ccccc1. The fourth-order valence-corrected chi connectivity index (χ4v) is 2.49. The van der Waals surface area contributed by atoms with E-state index in [4.69, 9.17) is 4.74 Å². The van der Waals surface area contributed by atoms with Crippen LogP contribution in [0.3, 0.4) is 0 Å². The molecule has 0 aliphatic rings. The molecule has 26 heavy (non-hydrogen) atoms. The first-order valence-electron chi connectivity index (χ1n) is 8.26. The van der Waals surface area contributed by atoms with Crippen LogP contribution in [0, 0.1) is 6.92 Å². The lowest BCUT2D eigenvalue weighted by Gasteiger charge is -2.18. The molecule has 0 aliphatic heterocycles. The zero-order valence-electron chi connectivity index (χ0n) is 14.8. The first-order valence-corrected chi connectivity index (χ1v) is 8.26. The van der Waals surface area contributed by atoms with Crippen LogP contribution in [-0.2, 0) is 20.7 Å². The summed E-state index contributed by atoms with van der Waals surface area (Å²) in [7, 11) is 1.27. The van der Waals surface area contributed by atoms with E-state index in [0.717, 1.165) is 11.1 Å². The molecular formula is C20H22N2O4. The van der Waals surface area contributed by atoms with Crippen LogP contribution in [0.25, 0.3) is 0 Å². The largest absolute Gasteiger partial charge is 0.467 e. The van der Waals surface area contributed by atoms with Crippen molar-refractivity contribution >= 4 is 17.8 Å². The highest BCUT2D eigenvalue weighted by Gasteiger charge is 2.22. The number of esters is 1. The lowest BCUT2D eigenvalue weighted by atomic mass is 10.0. The van der Waals surface area contributed by atoms with Gasteiger partial charge < -0.3 is 15.4 Å². The van der Waals surface area contributed by atoms with Crippen LogP contribution < -0.4 is 10.6 Å². The highest BCUT2D eigenvalue weighted by atomic mass is 16.5. The van der Waals surface area contributed by atoms with Crippen LogP contribution in [-0.4, -0.2) is 37.5 Å². The van der Waals surface area contributed by atoms with Crippen molar-refractivity contribution in [3.63, 3.8) is 0 Å². The number of amides is 2. The molecule has 6 nitrogen and oxygen atoms in total. The highest BCUT2D eigenvalue weighted by molar-refractivity contribution is 5.96. The molecule has 0 spiro atoms. The number of hydrogen-bond donors (Lipinski definition) is 2. The summed E-state index contributed by atoms with van der Waals surface area (Å²) in [4.78, 5) is 36.1. The van der Waals surface area contributed by atoms with E-state index in [9.17, 15) is 14.4 Å². The number of carbonyl (C=O) groups excluding carboxylic acids is 3. The van der Waals surface area contributed by atoms with Crippen LogP contribution in [0.15, 0.2) is 54.6 Å². The van der Waals surface area contributed by atoms with E-state index in [1.807, 2.05) is 31.2 Å². The van der Waals surface area contributed by atoms with Gasteiger partial charge in [0, 0.05) is 12.0 Å². The van der Waals surface area contributed by atoms with Crippen LogP contribution in [0.1, 0.15) is 21.5 Å². The van der Waals surface area contributed by atoms with Gasteiger partial charge in [-0.15, -0.1) is 0 Å². The number of nitrogens with one attached hydrogen (secondary N) is 2. The molecule has 2 N–H and O–H groups in total. The minimum absolute atomic E-state index is 0.227. The predicted octanol–water partition coefficient (Wildman–Crippen LogP) is 1.63. The summed E-state index contributed by atoms with van der Waals surface area (Å²) in [6.07, 6.45) is 0.317. The lowest BCUT2D eigenvalue weighted by molar-refractivity contribution is -0.144. The van der Waals surface area contributed by atoms with Gasteiger partial charge in [0.25, 0.3) is 5.91 Å². The van der Waals surface area contributed by atoms with Crippen molar-refractivity contribution in [2.24, 2.45) is 0 Å². The van der Waals surface area contributed by atoms with Crippen LogP contribution in [0.2, 0.25) is 0 Å². The lowest BCUT2D eigenvalue weighted by Crippen LogP contribution is -2.47. The number of benzene rings is 2. The smallest absolute Gasteiger partial charge is 0.328 e. The van der Waals surface area contributed by atoms with Crippen LogP contribution in [0.5, 0.6) is 0 Å². The summed E-state index contributed by atoms with van der Waals surface area (Å²) < 4.78 is 4.78. The third kappa shape index (κ3) is 5.44. The van der Waals surface area contributed by atoms with Crippen molar-refractivity contribution in [1.29, 1.82) is 0 Å². The standard InChI is InChI=1S/C20H22N2O4/c1-14-8-6-7-11-16(14)12-17(20(25)26-2)22-18(23)13-21-19(24)15-9-4-3-5-10-15/h3-11,17H,12-13H2,1-2H3,(H,21,24)(H,22,23)/t17-/m0/s1. The number of ether oxygens (including phenoxy) is 1. The normalized spacial score (nSPS) is 11.3. The minimum atomic E-state index is -0.817.